The number of benzene rings is 1. The van der Waals surface area contributed by atoms with Gasteiger partial charge in [0.15, 0.2) is 11.5 Å². The third-order valence-corrected chi connectivity index (χ3v) is 3.54. The van der Waals surface area contributed by atoms with Gasteiger partial charge in [0.05, 0.1) is 43.0 Å². The summed E-state index contributed by atoms with van der Waals surface area (Å²) in [6, 6.07) is 3.74. The van der Waals surface area contributed by atoms with Gasteiger partial charge in [-0.1, -0.05) is 0 Å². The normalized spacial score (nSPS) is 11.0. The molecule has 110 valence electrons. The molecule has 3 aromatic rings. The molecule has 0 aliphatic carbocycles. The Morgan fingerprint density at radius 1 is 1.19 bits per heavy atom. The standard InChI is InChI=1S/C14H15ClN4O2/c1-18-8-9(7-16-18)19-11-5-13(21-3)12(20-2)4-10(11)17-14(19)6-15/h4-5,7-8H,6H2,1-3H3. The zero-order valence-electron chi connectivity index (χ0n) is 12.0. The molecule has 0 saturated heterocycles. The van der Waals surface area contributed by atoms with Crippen molar-refractivity contribution < 1.29 is 9.47 Å². The predicted octanol–water partition coefficient (Wildman–Crippen LogP) is 2.52. The molecule has 3 rings (SSSR count). The van der Waals surface area contributed by atoms with Gasteiger partial charge < -0.3 is 9.47 Å². The van der Waals surface area contributed by atoms with Gasteiger partial charge in [0, 0.05) is 25.4 Å². The highest BCUT2D eigenvalue weighted by Gasteiger charge is 2.16. The molecule has 0 radical (unpaired) electrons. The number of aromatic nitrogens is 4. The summed E-state index contributed by atoms with van der Waals surface area (Å²) in [7, 11) is 5.08. The molecular weight excluding hydrogens is 292 g/mol. The first-order valence-electron chi connectivity index (χ1n) is 6.36. The quantitative estimate of drug-likeness (QED) is 0.695. The molecular formula is C14H15ClN4O2. The molecule has 0 N–H and O–H groups in total. The highest BCUT2D eigenvalue weighted by molar-refractivity contribution is 6.17. The maximum absolute atomic E-state index is 6.03. The molecule has 0 unspecified atom stereocenters. The van der Waals surface area contributed by atoms with Crippen molar-refractivity contribution in [1.29, 1.82) is 0 Å². The number of alkyl halides is 1. The van der Waals surface area contributed by atoms with E-state index in [1.54, 1.807) is 25.1 Å². The van der Waals surface area contributed by atoms with E-state index in [1.165, 1.54) is 0 Å². The molecule has 0 saturated carbocycles. The molecule has 1 aromatic carbocycles. The van der Waals surface area contributed by atoms with Gasteiger partial charge in [-0.3, -0.25) is 9.25 Å². The molecule has 0 spiro atoms. The van der Waals surface area contributed by atoms with Crippen LogP contribution in [0.1, 0.15) is 5.82 Å². The Labute approximate surface area is 126 Å². The molecule has 7 heteroatoms. The van der Waals surface area contributed by atoms with Crippen LogP contribution in [-0.2, 0) is 12.9 Å². The van der Waals surface area contributed by atoms with Crippen LogP contribution in [-0.4, -0.2) is 33.6 Å². The van der Waals surface area contributed by atoms with Crippen molar-refractivity contribution in [2.75, 3.05) is 14.2 Å². The van der Waals surface area contributed by atoms with E-state index in [0.717, 1.165) is 22.5 Å². The monoisotopic (exact) mass is 306 g/mol. The van der Waals surface area contributed by atoms with E-state index in [2.05, 4.69) is 10.1 Å². The lowest BCUT2D eigenvalue weighted by atomic mass is 10.2. The summed E-state index contributed by atoms with van der Waals surface area (Å²) >= 11 is 6.03. The second-order valence-electron chi connectivity index (χ2n) is 4.57. The van der Waals surface area contributed by atoms with Crippen molar-refractivity contribution in [3.8, 4) is 17.2 Å². The minimum atomic E-state index is 0.300. The lowest BCUT2D eigenvalue weighted by molar-refractivity contribution is 0.355. The number of hydrogen-bond donors (Lipinski definition) is 0. The second kappa shape index (κ2) is 5.29. The summed E-state index contributed by atoms with van der Waals surface area (Å²) in [5, 5.41) is 4.20. The summed E-state index contributed by atoms with van der Waals surface area (Å²) in [5.41, 5.74) is 2.60. The molecule has 2 aromatic heterocycles. The van der Waals surface area contributed by atoms with E-state index in [-0.39, 0.29) is 0 Å². The highest BCUT2D eigenvalue weighted by Crippen LogP contribution is 2.33. The second-order valence-corrected chi connectivity index (χ2v) is 4.83. The maximum Gasteiger partial charge on any atom is 0.163 e. The summed E-state index contributed by atoms with van der Waals surface area (Å²) in [5.74, 6) is 2.34. The first-order chi connectivity index (χ1) is 10.2. The Hall–Kier alpha value is -2.21. The van der Waals surface area contributed by atoms with Crippen LogP contribution in [0.15, 0.2) is 24.5 Å². The number of methoxy groups -OCH3 is 2. The number of ether oxygens (including phenoxy) is 2. The Morgan fingerprint density at radius 2 is 1.90 bits per heavy atom. The van der Waals surface area contributed by atoms with E-state index in [4.69, 9.17) is 21.1 Å². The van der Waals surface area contributed by atoms with Gasteiger partial charge >= 0.3 is 0 Å². The van der Waals surface area contributed by atoms with Crippen molar-refractivity contribution in [1.82, 2.24) is 19.3 Å². The average molecular weight is 307 g/mol. The van der Waals surface area contributed by atoms with E-state index in [1.807, 2.05) is 29.9 Å². The van der Waals surface area contributed by atoms with Gasteiger partial charge in [-0.2, -0.15) is 5.10 Å². The SMILES string of the molecule is COc1cc2nc(CCl)n(-c3cnn(C)c3)c2cc1OC. The largest absolute Gasteiger partial charge is 0.493 e. The smallest absolute Gasteiger partial charge is 0.163 e. The fourth-order valence-electron chi connectivity index (χ4n) is 2.36. The van der Waals surface area contributed by atoms with Crippen molar-refractivity contribution in [2.45, 2.75) is 5.88 Å². The molecule has 0 amide bonds. The Bertz CT molecular complexity index is 794. The fraction of sp³-hybridized carbons (Fsp3) is 0.286. The van der Waals surface area contributed by atoms with Gasteiger partial charge in [-0.25, -0.2) is 4.98 Å². The van der Waals surface area contributed by atoms with Crippen LogP contribution in [0, 0.1) is 0 Å². The molecule has 0 fully saturated rings. The first kappa shape index (κ1) is 13.8. The van der Waals surface area contributed by atoms with Crippen LogP contribution < -0.4 is 9.47 Å². The van der Waals surface area contributed by atoms with Crippen LogP contribution in [0.25, 0.3) is 16.7 Å². The Balaban J connectivity index is 2.31. The Morgan fingerprint density at radius 3 is 2.48 bits per heavy atom. The number of nitrogens with zero attached hydrogens (tertiary/aromatic N) is 4. The zero-order chi connectivity index (χ0) is 15.0. The minimum Gasteiger partial charge on any atom is -0.493 e. The van der Waals surface area contributed by atoms with E-state index in [0.29, 0.717) is 17.4 Å². The lowest BCUT2D eigenvalue weighted by Gasteiger charge is -2.08. The Kier molecular flexibility index (Phi) is 3.47. The van der Waals surface area contributed by atoms with E-state index < -0.39 is 0 Å². The third-order valence-electron chi connectivity index (χ3n) is 3.30. The number of aryl methyl sites for hydroxylation is 1. The van der Waals surface area contributed by atoms with Gasteiger partial charge in [-0.15, -0.1) is 11.6 Å². The van der Waals surface area contributed by atoms with Gasteiger partial charge in [-0.05, 0) is 0 Å². The van der Waals surface area contributed by atoms with Crippen LogP contribution in [0.2, 0.25) is 0 Å². The molecule has 0 aliphatic rings. The molecule has 2 heterocycles. The highest BCUT2D eigenvalue weighted by atomic mass is 35.5. The number of imidazole rings is 1. The molecule has 0 aliphatic heterocycles. The van der Waals surface area contributed by atoms with Gasteiger partial charge in [0.1, 0.15) is 5.82 Å². The van der Waals surface area contributed by atoms with Crippen LogP contribution in [0.3, 0.4) is 0 Å². The topological polar surface area (TPSA) is 54.1 Å². The van der Waals surface area contributed by atoms with E-state index in [9.17, 15) is 0 Å². The van der Waals surface area contributed by atoms with Crippen molar-refractivity contribution in [2.24, 2.45) is 7.05 Å². The maximum atomic E-state index is 6.03. The van der Waals surface area contributed by atoms with Crippen LogP contribution >= 0.6 is 11.6 Å². The first-order valence-corrected chi connectivity index (χ1v) is 6.89. The van der Waals surface area contributed by atoms with Gasteiger partial charge in [0.2, 0.25) is 0 Å². The number of halogens is 1. The number of fused-ring (bicyclic) bond motifs is 1. The average Bonchev–Trinajstić information content (AvgIpc) is 3.07. The summed E-state index contributed by atoms with van der Waals surface area (Å²) in [4.78, 5) is 4.56. The predicted molar refractivity (Wildman–Crippen MR) is 80.5 cm³/mol. The number of rotatable bonds is 4. The third kappa shape index (κ3) is 2.21. The van der Waals surface area contributed by atoms with Crippen molar-refractivity contribution in [3.05, 3.63) is 30.4 Å². The minimum absolute atomic E-state index is 0.300. The molecule has 0 bridgehead atoms. The van der Waals surface area contributed by atoms with Crippen LogP contribution in [0.5, 0.6) is 11.5 Å². The van der Waals surface area contributed by atoms with Crippen molar-refractivity contribution >= 4 is 22.6 Å². The van der Waals surface area contributed by atoms with E-state index >= 15 is 0 Å². The number of hydrogen-bond acceptors (Lipinski definition) is 4. The van der Waals surface area contributed by atoms with Crippen LogP contribution in [0.4, 0.5) is 0 Å². The zero-order valence-corrected chi connectivity index (χ0v) is 12.8. The van der Waals surface area contributed by atoms with Crippen molar-refractivity contribution in [3.63, 3.8) is 0 Å². The summed E-state index contributed by atoms with van der Waals surface area (Å²) in [6.07, 6.45) is 3.68. The molecule has 21 heavy (non-hydrogen) atoms. The fourth-order valence-corrected chi connectivity index (χ4v) is 2.54. The molecule has 6 nitrogen and oxygen atoms in total. The summed E-state index contributed by atoms with van der Waals surface area (Å²) in [6.45, 7) is 0. The summed E-state index contributed by atoms with van der Waals surface area (Å²) < 4.78 is 14.4. The van der Waals surface area contributed by atoms with Gasteiger partial charge in [0.25, 0.3) is 0 Å². The lowest BCUT2D eigenvalue weighted by Crippen LogP contribution is -1.98. The molecule has 0 atom stereocenters.